The van der Waals surface area contributed by atoms with Gasteiger partial charge in [-0.05, 0) is 18.1 Å². The molecular weight excluding hydrogens is 349 g/mol. The summed E-state index contributed by atoms with van der Waals surface area (Å²) >= 11 is 5.85. The minimum absolute atomic E-state index is 0.0660. The summed E-state index contributed by atoms with van der Waals surface area (Å²) < 4.78 is 15.7. The van der Waals surface area contributed by atoms with Crippen molar-refractivity contribution in [1.29, 1.82) is 0 Å². The number of nitrogens with zero attached hydrogens (tertiary/aromatic N) is 3. The molecule has 0 aliphatic rings. The highest BCUT2D eigenvalue weighted by Gasteiger charge is 2.19. The maximum absolute atomic E-state index is 14.5. The second-order valence-corrected chi connectivity index (χ2v) is 6.34. The highest BCUT2D eigenvalue weighted by molar-refractivity contribution is 6.30. The van der Waals surface area contributed by atoms with Crippen molar-refractivity contribution in [2.45, 2.75) is 20.3 Å². The summed E-state index contributed by atoms with van der Waals surface area (Å²) in [7, 11) is 0. The second kappa shape index (κ2) is 6.64. The van der Waals surface area contributed by atoms with Gasteiger partial charge >= 0.3 is 5.69 Å². The fraction of sp³-hybridized carbons (Fsp3) is 0.250. The van der Waals surface area contributed by atoms with Crippen LogP contribution in [-0.4, -0.2) is 24.7 Å². The van der Waals surface area contributed by atoms with Crippen LogP contribution < -0.4 is 11.2 Å². The zero-order valence-corrected chi connectivity index (χ0v) is 14.3. The Morgan fingerprint density at radius 2 is 2.04 bits per heavy atom. The van der Waals surface area contributed by atoms with Gasteiger partial charge in [-0.15, -0.1) is 0 Å². The minimum atomic E-state index is -0.686. The first kappa shape index (κ1) is 17.1. The molecule has 0 atom stereocenters. The minimum Gasteiger partial charge on any atom is -0.304 e. The summed E-state index contributed by atoms with van der Waals surface area (Å²) in [6.07, 6.45) is 0.551. The lowest BCUT2D eigenvalue weighted by Crippen LogP contribution is -2.22. The maximum atomic E-state index is 14.5. The molecule has 0 aliphatic carbocycles. The van der Waals surface area contributed by atoms with E-state index in [4.69, 9.17) is 11.6 Å². The van der Waals surface area contributed by atoms with Gasteiger partial charge in [-0.3, -0.25) is 9.78 Å². The van der Waals surface area contributed by atoms with Gasteiger partial charge in [-0.25, -0.2) is 18.9 Å². The van der Waals surface area contributed by atoms with Gasteiger partial charge in [0, 0.05) is 12.5 Å². The molecule has 2 N–H and O–H groups in total. The van der Waals surface area contributed by atoms with Crippen molar-refractivity contribution < 1.29 is 4.39 Å². The molecule has 0 amide bonds. The lowest BCUT2D eigenvalue weighted by atomic mass is 10.1. The molecule has 2 aromatic heterocycles. The van der Waals surface area contributed by atoms with Crippen molar-refractivity contribution in [2.75, 3.05) is 0 Å². The quantitative estimate of drug-likeness (QED) is 0.743. The fourth-order valence-corrected chi connectivity index (χ4v) is 2.56. The zero-order valence-electron chi connectivity index (χ0n) is 13.5. The predicted octanol–water partition coefficient (Wildman–Crippen LogP) is 2.30. The number of hydrogen-bond donors (Lipinski definition) is 2. The Morgan fingerprint density at radius 1 is 1.28 bits per heavy atom. The van der Waals surface area contributed by atoms with E-state index in [0.717, 1.165) is 0 Å². The standard InChI is InChI=1S/C16H15ClFN5O2/c1-8(2)6-12-20-15(10-7-13(24)21-16(25)19-10)23(22-12)11-5-3-4-9(17)14(11)18/h3-5,7-8H,6H2,1-2H3,(H2,19,21,24,25). The highest BCUT2D eigenvalue weighted by atomic mass is 35.5. The van der Waals surface area contributed by atoms with Crippen LogP contribution in [0.25, 0.3) is 17.2 Å². The SMILES string of the molecule is CC(C)Cc1nc(-c2cc(=O)[nH]c(=O)[nH]2)n(-c2cccc(Cl)c2F)n1. The Hall–Kier alpha value is -2.74. The van der Waals surface area contributed by atoms with E-state index in [9.17, 15) is 14.0 Å². The van der Waals surface area contributed by atoms with Crippen molar-refractivity contribution in [1.82, 2.24) is 24.7 Å². The van der Waals surface area contributed by atoms with Crippen LogP contribution in [0, 0.1) is 11.7 Å². The lowest BCUT2D eigenvalue weighted by Gasteiger charge is -2.07. The van der Waals surface area contributed by atoms with Crippen LogP contribution in [0.3, 0.4) is 0 Å². The molecule has 1 aromatic carbocycles. The molecule has 0 aliphatic heterocycles. The van der Waals surface area contributed by atoms with E-state index < -0.39 is 17.1 Å². The summed E-state index contributed by atoms with van der Waals surface area (Å²) in [5.74, 6) is 0.218. The van der Waals surface area contributed by atoms with Gasteiger partial charge in [-0.1, -0.05) is 31.5 Å². The van der Waals surface area contributed by atoms with Crippen molar-refractivity contribution in [3.63, 3.8) is 0 Å². The molecule has 2 heterocycles. The first-order chi connectivity index (χ1) is 11.8. The fourth-order valence-electron chi connectivity index (χ4n) is 2.39. The first-order valence-corrected chi connectivity index (χ1v) is 7.97. The molecule has 7 nitrogen and oxygen atoms in total. The third-order valence-corrected chi connectivity index (χ3v) is 3.69. The summed E-state index contributed by atoms with van der Waals surface area (Å²) in [4.78, 5) is 32.1. The second-order valence-electron chi connectivity index (χ2n) is 5.94. The predicted molar refractivity (Wildman–Crippen MR) is 91.5 cm³/mol. The van der Waals surface area contributed by atoms with Crippen molar-refractivity contribution in [2.24, 2.45) is 5.92 Å². The van der Waals surface area contributed by atoms with E-state index in [1.54, 1.807) is 6.07 Å². The van der Waals surface area contributed by atoms with Gasteiger partial charge in [-0.2, -0.15) is 5.10 Å². The molecule has 3 aromatic rings. The summed E-state index contributed by atoms with van der Waals surface area (Å²) in [6, 6.07) is 5.66. The van der Waals surface area contributed by atoms with Gasteiger partial charge in [0.1, 0.15) is 5.69 Å². The topological polar surface area (TPSA) is 96.4 Å². The monoisotopic (exact) mass is 363 g/mol. The number of nitrogens with one attached hydrogen (secondary N) is 2. The van der Waals surface area contributed by atoms with E-state index in [2.05, 4.69) is 20.1 Å². The zero-order chi connectivity index (χ0) is 18.1. The number of hydrogen-bond acceptors (Lipinski definition) is 4. The van der Waals surface area contributed by atoms with E-state index >= 15 is 0 Å². The summed E-state index contributed by atoms with van der Waals surface area (Å²) in [5, 5.41) is 4.26. The molecule has 0 saturated heterocycles. The van der Waals surface area contributed by atoms with Crippen LogP contribution in [0.4, 0.5) is 4.39 Å². The number of aromatic nitrogens is 5. The lowest BCUT2D eigenvalue weighted by molar-refractivity contribution is 0.601. The van der Waals surface area contributed by atoms with Crippen molar-refractivity contribution in [3.8, 4) is 17.2 Å². The number of benzene rings is 1. The van der Waals surface area contributed by atoms with Gasteiger partial charge < -0.3 is 4.98 Å². The van der Waals surface area contributed by atoms with Crippen molar-refractivity contribution in [3.05, 3.63) is 61.8 Å². The smallest absolute Gasteiger partial charge is 0.304 e. The third kappa shape index (κ3) is 3.53. The summed E-state index contributed by atoms with van der Waals surface area (Å²) in [6.45, 7) is 3.99. The molecule has 0 fully saturated rings. The largest absolute Gasteiger partial charge is 0.326 e. The molecule has 25 heavy (non-hydrogen) atoms. The normalized spacial score (nSPS) is 11.2. The van der Waals surface area contributed by atoms with Crippen LogP contribution in [0.2, 0.25) is 5.02 Å². The molecule has 0 radical (unpaired) electrons. The third-order valence-electron chi connectivity index (χ3n) is 3.40. The molecule has 3 rings (SSSR count). The van der Waals surface area contributed by atoms with Gasteiger partial charge in [0.2, 0.25) is 0 Å². The maximum Gasteiger partial charge on any atom is 0.326 e. The Labute approximate surface area is 146 Å². The Kier molecular flexibility index (Phi) is 4.54. The van der Waals surface area contributed by atoms with Crippen LogP contribution in [0.1, 0.15) is 19.7 Å². The van der Waals surface area contributed by atoms with Gasteiger partial charge in [0.05, 0.1) is 10.7 Å². The average molecular weight is 364 g/mol. The number of aromatic amines is 2. The first-order valence-electron chi connectivity index (χ1n) is 7.59. The molecule has 0 saturated carbocycles. The van der Waals surface area contributed by atoms with E-state index in [-0.39, 0.29) is 28.1 Å². The van der Waals surface area contributed by atoms with E-state index in [0.29, 0.717) is 12.2 Å². The van der Waals surface area contributed by atoms with Crippen LogP contribution in [-0.2, 0) is 6.42 Å². The van der Waals surface area contributed by atoms with Gasteiger partial charge in [0.25, 0.3) is 5.56 Å². The average Bonchev–Trinajstić information content (AvgIpc) is 2.92. The summed E-state index contributed by atoms with van der Waals surface area (Å²) in [5.41, 5.74) is -1.07. The molecule has 0 unspecified atom stereocenters. The molecule has 0 bridgehead atoms. The molecule has 9 heteroatoms. The van der Waals surface area contributed by atoms with E-state index in [1.165, 1.54) is 22.9 Å². The number of H-pyrrole nitrogens is 2. The Bertz CT molecular complexity index is 1010. The van der Waals surface area contributed by atoms with E-state index in [1.807, 2.05) is 13.8 Å². The highest BCUT2D eigenvalue weighted by Crippen LogP contribution is 2.25. The number of rotatable bonds is 4. The van der Waals surface area contributed by atoms with Crippen LogP contribution >= 0.6 is 11.6 Å². The van der Waals surface area contributed by atoms with Gasteiger partial charge in [0.15, 0.2) is 17.5 Å². The van der Waals surface area contributed by atoms with Crippen molar-refractivity contribution >= 4 is 11.6 Å². The molecule has 0 spiro atoms. The Morgan fingerprint density at radius 3 is 2.72 bits per heavy atom. The van der Waals surface area contributed by atoms with Crippen LogP contribution in [0.5, 0.6) is 0 Å². The molecule has 130 valence electrons. The number of halogens is 2. The molecular formula is C16H15ClFN5O2. The Balaban J connectivity index is 2.26. The van der Waals surface area contributed by atoms with Crippen LogP contribution in [0.15, 0.2) is 33.9 Å².